The number of carbonyl (C=O) groups is 1. The topological polar surface area (TPSA) is 26.3 Å². The van der Waals surface area contributed by atoms with Gasteiger partial charge in [0.2, 0.25) is 0 Å². The Morgan fingerprint density at radius 1 is 1.33 bits per heavy atom. The van der Waals surface area contributed by atoms with E-state index >= 15 is 0 Å². The van der Waals surface area contributed by atoms with Crippen LogP contribution in [0.3, 0.4) is 0 Å². The Labute approximate surface area is 91.3 Å². The zero-order valence-electron chi connectivity index (χ0n) is 9.40. The minimum atomic E-state index is -0.130. The third-order valence-corrected chi connectivity index (χ3v) is 2.35. The maximum Gasteiger partial charge on any atom is 0.314 e. The first-order valence-corrected chi connectivity index (χ1v) is 5.50. The van der Waals surface area contributed by atoms with Gasteiger partial charge in [-0.25, -0.2) is 0 Å². The molecule has 0 saturated heterocycles. The molecule has 0 fully saturated rings. The Bertz CT molecular complexity index is 293. The van der Waals surface area contributed by atoms with Gasteiger partial charge >= 0.3 is 5.97 Å². The molecule has 0 saturated carbocycles. The number of esters is 1. The molecule has 2 nitrogen and oxygen atoms in total. The number of ether oxygens (including phenoxy) is 1. The molecule has 1 aromatic carbocycles. The molecule has 0 N–H and O–H groups in total. The number of hydrogen-bond acceptors (Lipinski definition) is 2. The first-order valence-electron chi connectivity index (χ1n) is 5.50. The third kappa shape index (κ3) is 4.15. The van der Waals surface area contributed by atoms with Crippen molar-refractivity contribution in [2.75, 3.05) is 0 Å². The van der Waals surface area contributed by atoms with E-state index in [0.29, 0.717) is 5.75 Å². The van der Waals surface area contributed by atoms with E-state index < -0.39 is 0 Å². The molecule has 0 aliphatic carbocycles. The lowest BCUT2D eigenvalue weighted by Crippen LogP contribution is -2.17. The molecule has 82 valence electrons. The first kappa shape index (κ1) is 11.8. The second-order valence-corrected chi connectivity index (χ2v) is 3.78. The highest BCUT2D eigenvalue weighted by Crippen LogP contribution is 2.14. The van der Waals surface area contributed by atoms with Gasteiger partial charge in [0.15, 0.2) is 0 Å². The van der Waals surface area contributed by atoms with Crippen molar-refractivity contribution in [2.24, 2.45) is 5.92 Å². The van der Waals surface area contributed by atoms with Crippen LogP contribution >= 0.6 is 0 Å². The van der Waals surface area contributed by atoms with Crippen LogP contribution in [0.1, 0.15) is 33.1 Å². The number of para-hydroxylation sites is 1. The average molecular weight is 206 g/mol. The molecule has 0 spiro atoms. The predicted molar refractivity (Wildman–Crippen MR) is 60.8 cm³/mol. The average Bonchev–Trinajstić information content (AvgIpc) is 2.27. The molecule has 0 radical (unpaired) electrons. The van der Waals surface area contributed by atoms with Gasteiger partial charge in [-0.05, 0) is 18.6 Å². The van der Waals surface area contributed by atoms with Crippen molar-refractivity contribution in [1.82, 2.24) is 0 Å². The fraction of sp³-hybridized carbons (Fsp3) is 0.462. The largest absolute Gasteiger partial charge is 0.426 e. The van der Waals surface area contributed by atoms with Crippen molar-refractivity contribution < 1.29 is 9.53 Å². The minimum absolute atomic E-state index is 0.00911. The third-order valence-electron chi connectivity index (χ3n) is 2.35. The van der Waals surface area contributed by atoms with Crippen molar-refractivity contribution in [3.63, 3.8) is 0 Å². The zero-order valence-corrected chi connectivity index (χ0v) is 9.40. The summed E-state index contributed by atoms with van der Waals surface area (Å²) in [5, 5.41) is 0. The molecule has 2 heteroatoms. The lowest BCUT2D eigenvalue weighted by molar-refractivity contribution is -0.138. The highest BCUT2D eigenvalue weighted by atomic mass is 16.5. The summed E-state index contributed by atoms with van der Waals surface area (Å²) >= 11 is 0. The van der Waals surface area contributed by atoms with Crippen molar-refractivity contribution in [3.8, 4) is 5.75 Å². The van der Waals surface area contributed by atoms with Crippen LogP contribution in [0.2, 0.25) is 0 Å². The van der Waals surface area contributed by atoms with E-state index in [-0.39, 0.29) is 11.9 Å². The molecule has 0 aliphatic rings. The van der Waals surface area contributed by atoms with E-state index in [9.17, 15) is 4.79 Å². The lowest BCUT2D eigenvalue weighted by atomic mass is 10.1. The minimum Gasteiger partial charge on any atom is -0.426 e. The molecule has 0 aromatic heterocycles. The Kier molecular flexibility index (Phi) is 4.88. The molecule has 1 aromatic rings. The summed E-state index contributed by atoms with van der Waals surface area (Å²) in [4.78, 5) is 11.6. The first-order chi connectivity index (χ1) is 7.24. The van der Waals surface area contributed by atoms with Crippen LogP contribution in [-0.4, -0.2) is 5.97 Å². The monoisotopic (exact) mass is 206 g/mol. The van der Waals surface area contributed by atoms with E-state index in [2.05, 4.69) is 6.92 Å². The Hall–Kier alpha value is -1.31. The van der Waals surface area contributed by atoms with Crippen molar-refractivity contribution >= 4 is 5.97 Å². The van der Waals surface area contributed by atoms with Crippen LogP contribution in [0.15, 0.2) is 30.3 Å². The van der Waals surface area contributed by atoms with E-state index in [4.69, 9.17) is 4.74 Å². The molecule has 0 aliphatic heterocycles. The Morgan fingerprint density at radius 3 is 2.60 bits per heavy atom. The summed E-state index contributed by atoms with van der Waals surface area (Å²) in [5.74, 6) is 0.491. The number of unbranched alkanes of at least 4 members (excludes halogenated alkanes) is 1. The summed E-state index contributed by atoms with van der Waals surface area (Å²) in [6, 6.07) is 9.21. The fourth-order valence-corrected chi connectivity index (χ4v) is 1.33. The second-order valence-electron chi connectivity index (χ2n) is 3.78. The van der Waals surface area contributed by atoms with Gasteiger partial charge in [-0.3, -0.25) is 4.79 Å². The van der Waals surface area contributed by atoms with Gasteiger partial charge < -0.3 is 4.74 Å². The number of benzene rings is 1. The highest BCUT2D eigenvalue weighted by Gasteiger charge is 2.14. The molecule has 0 bridgehead atoms. The van der Waals surface area contributed by atoms with Gasteiger partial charge in [0.05, 0.1) is 5.92 Å². The SMILES string of the molecule is CCCCC(C)C(=O)Oc1ccccc1. The van der Waals surface area contributed by atoms with E-state index in [1.54, 1.807) is 12.1 Å². The summed E-state index contributed by atoms with van der Waals surface area (Å²) in [5.41, 5.74) is 0. The van der Waals surface area contributed by atoms with Gasteiger partial charge in [-0.2, -0.15) is 0 Å². The number of carbonyl (C=O) groups excluding carboxylic acids is 1. The quantitative estimate of drug-likeness (QED) is 0.545. The van der Waals surface area contributed by atoms with Gasteiger partial charge in [-0.1, -0.05) is 44.9 Å². The molecule has 0 heterocycles. The van der Waals surface area contributed by atoms with Crippen molar-refractivity contribution in [3.05, 3.63) is 30.3 Å². The normalized spacial score (nSPS) is 12.1. The van der Waals surface area contributed by atoms with Crippen LogP contribution in [0.4, 0.5) is 0 Å². The smallest absolute Gasteiger partial charge is 0.314 e. The molecular weight excluding hydrogens is 188 g/mol. The van der Waals surface area contributed by atoms with E-state index in [0.717, 1.165) is 19.3 Å². The van der Waals surface area contributed by atoms with Crippen LogP contribution in [0.25, 0.3) is 0 Å². The molecule has 15 heavy (non-hydrogen) atoms. The van der Waals surface area contributed by atoms with Gasteiger partial charge in [0.25, 0.3) is 0 Å². The van der Waals surface area contributed by atoms with E-state index in [1.807, 2.05) is 25.1 Å². The molecule has 1 atom stereocenters. The van der Waals surface area contributed by atoms with Crippen LogP contribution < -0.4 is 4.74 Å². The standard InChI is InChI=1S/C13H18O2/c1-3-4-8-11(2)13(14)15-12-9-6-5-7-10-12/h5-7,9-11H,3-4,8H2,1-2H3. The van der Waals surface area contributed by atoms with Gasteiger partial charge in [0, 0.05) is 0 Å². The highest BCUT2D eigenvalue weighted by molar-refractivity contribution is 5.74. The molecule has 0 amide bonds. The van der Waals surface area contributed by atoms with Crippen LogP contribution in [0, 0.1) is 5.92 Å². The molecule has 1 unspecified atom stereocenters. The summed E-state index contributed by atoms with van der Waals surface area (Å²) < 4.78 is 5.23. The number of hydrogen-bond donors (Lipinski definition) is 0. The zero-order chi connectivity index (χ0) is 11.1. The van der Waals surface area contributed by atoms with Crippen molar-refractivity contribution in [2.45, 2.75) is 33.1 Å². The van der Waals surface area contributed by atoms with Crippen LogP contribution in [0.5, 0.6) is 5.75 Å². The lowest BCUT2D eigenvalue weighted by Gasteiger charge is -2.10. The Morgan fingerprint density at radius 2 is 2.00 bits per heavy atom. The van der Waals surface area contributed by atoms with E-state index in [1.165, 1.54) is 0 Å². The summed E-state index contributed by atoms with van der Waals surface area (Å²) in [6.07, 6.45) is 3.09. The van der Waals surface area contributed by atoms with Crippen LogP contribution in [-0.2, 0) is 4.79 Å². The Balaban J connectivity index is 2.42. The van der Waals surface area contributed by atoms with Gasteiger partial charge in [-0.15, -0.1) is 0 Å². The van der Waals surface area contributed by atoms with Crippen molar-refractivity contribution in [1.29, 1.82) is 0 Å². The molecular formula is C13H18O2. The maximum absolute atomic E-state index is 11.6. The predicted octanol–water partition coefficient (Wildman–Crippen LogP) is 3.42. The summed E-state index contributed by atoms with van der Waals surface area (Å²) in [6.45, 7) is 4.04. The maximum atomic E-state index is 11.6. The number of rotatable bonds is 5. The second kappa shape index (κ2) is 6.23. The fourth-order valence-electron chi connectivity index (χ4n) is 1.33. The van der Waals surface area contributed by atoms with Gasteiger partial charge in [0.1, 0.15) is 5.75 Å². The summed E-state index contributed by atoms with van der Waals surface area (Å²) in [7, 11) is 0. The molecule has 1 rings (SSSR count).